The van der Waals surface area contributed by atoms with E-state index in [9.17, 15) is 0 Å². The minimum absolute atomic E-state index is 0.103. The van der Waals surface area contributed by atoms with E-state index >= 15 is 0 Å². The van der Waals surface area contributed by atoms with E-state index < -0.39 is 0 Å². The number of nitrogens with zero attached hydrogens (tertiary/aromatic N) is 3. The van der Waals surface area contributed by atoms with Gasteiger partial charge in [0.15, 0.2) is 0 Å². The molecule has 0 radical (unpaired) electrons. The quantitative estimate of drug-likeness (QED) is 0.912. The molecule has 1 aliphatic rings. The highest BCUT2D eigenvalue weighted by atomic mass is 16.5. The Kier molecular flexibility index (Phi) is 4.60. The number of hydrogen-bond acceptors (Lipinski definition) is 5. The van der Waals surface area contributed by atoms with Gasteiger partial charge in [-0.05, 0) is 34.1 Å². The molecule has 2 atom stereocenters. The van der Waals surface area contributed by atoms with Crippen LogP contribution in [0.2, 0.25) is 0 Å². The molecular weight excluding hydrogens is 252 g/mol. The first-order valence-electron chi connectivity index (χ1n) is 7.27. The molecule has 112 valence electrons. The lowest BCUT2D eigenvalue weighted by Crippen LogP contribution is -2.38. The van der Waals surface area contributed by atoms with Crippen LogP contribution in [-0.4, -0.2) is 41.3 Å². The summed E-state index contributed by atoms with van der Waals surface area (Å²) in [7, 11) is 2.04. The number of anilines is 1. The number of nitrogens with one attached hydrogen (secondary N) is 1. The van der Waals surface area contributed by atoms with Gasteiger partial charge in [0.05, 0.1) is 12.1 Å². The van der Waals surface area contributed by atoms with Crippen LogP contribution in [0.3, 0.4) is 0 Å². The summed E-state index contributed by atoms with van der Waals surface area (Å²) < 4.78 is 5.60. The molecular formula is C15H26N4O. The number of ether oxygens (including phenoxy) is 1. The molecule has 1 aromatic rings. The van der Waals surface area contributed by atoms with Gasteiger partial charge in [0.2, 0.25) is 5.95 Å². The fourth-order valence-electron chi connectivity index (χ4n) is 2.37. The van der Waals surface area contributed by atoms with Gasteiger partial charge in [-0.25, -0.2) is 9.97 Å². The van der Waals surface area contributed by atoms with Gasteiger partial charge >= 0.3 is 0 Å². The Morgan fingerprint density at radius 1 is 1.35 bits per heavy atom. The second-order valence-electron chi connectivity index (χ2n) is 6.54. The molecule has 0 saturated carbocycles. The number of aromatic nitrogens is 2. The fourth-order valence-corrected chi connectivity index (χ4v) is 2.37. The van der Waals surface area contributed by atoms with E-state index in [0.29, 0.717) is 6.04 Å². The van der Waals surface area contributed by atoms with Crippen LogP contribution in [0.15, 0.2) is 12.4 Å². The summed E-state index contributed by atoms with van der Waals surface area (Å²) in [5.74, 6) is 0.770. The first kappa shape index (κ1) is 15.2. The van der Waals surface area contributed by atoms with Crippen molar-refractivity contribution in [2.24, 2.45) is 0 Å². The first-order valence-corrected chi connectivity index (χ1v) is 7.27. The molecule has 0 bridgehead atoms. The molecule has 1 saturated heterocycles. The second kappa shape index (κ2) is 6.06. The number of likely N-dealkylation sites (N-methyl/N-ethyl adjacent to an activating group) is 1. The zero-order valence-corrected chi connectivity index (χ0v) is 13.2. The van der Waals surface area contributed by atoms with E-state index in [2.05, 4.69) is 47.9 Å². The second-order valence-corrected chi connectivity index (χ2v) is 6.54. The third-order valence-corrected chi connectivity index (χ3v) is 3.66. The van der Waals surface area contributed by atoms with Crippen molar-refractivity contribution >= 4 is 5.95 Å². The maximum Gasteiger partial charge on any atom is 0.225 e. The first-order chi connectivity index (χ1) is 9.37. The molecule has 5 heteroatoms. The van der Waals surface area contributed by atoms with Crippen LogP contribution < -0.4 is 10.2 Å². The van der Waals surface area contributed by atoms with Gasteiger partial charge in [-0.3, -0.25) is 0 Å². The third-order valence-electron chi connectivity index (χ3n) is 3.66. The maximum absolute atomic E-state index is 5.60. The molecule has 5 nitrogen and oxygen atoms in total. The number of hydrogen-bond donors (Lipinski definition) is 1. The Labute approximate surface area is 121 Å². The van der Waals surface area contributed by atoms with Gasteiger partial charge in [-0.15, -0.1) is 0 Å². The van der Waals surface area contributed by atoms with Crippen LogP contribution in [-0.2, 0) is 11.3 Å². The van der Waals surface area contributed by atoms with Crippen LogP contribution in [0.1, 0.15) is 39.7 Å². The Bertz CT molecular complexity index is 426. The van der Waals surface area contributed by atoms with Crippen molar-refractivity contribution in [2.45, 2.75) is 58.3 Å². The van der Waals surface area contributed by atoms with Gasteiger partial charge < -0.3 is 15.0 Å². The van der Waals surface area contributed by atoms with Gasteiger partial charge in [-0.1, -0.05) is 0 Å². The summed E-state index contributed by atoms with van der Waals surface area (Å²) in [6.45, 7) is 10.2. The normalized spacial score (nSPS) is 23.1. The van der Waals surface area contributed by atoms with Crippen LogP contribution in [0.25, 0.3) is 0 Å². The van der Waals surface area contributed by atoms with Crippen LogP contribution in [0.4, 0.5) is 5.95 Å². The average Bonchev–Trinajstić information content (AvgIpc) is 2.81. The Hall–Kier alpha value is -1.20. The van der Waals surface area contributed by atoms with Crippen LogP contribution >= 0.6 is 0 Å². The molecule has 1 N–H and O–H groups in total. The lowest BCUT2D eigenvalue weighted by atomic mass is 10.1. The molecule has 2 unspecified atom stereocenters. The van der Waals surface area contributed by atoms with E-state index in [0.717, 1.165) is 31.1 Å². The molecule has 2 rings (SSSR count). The van der Waals surface area contributed by atoms with Gasteiger partial charge in [-0.2, -0.15) is 0 Å². The Morgan fingerprint density at radius 2 is 2.00 bits per heavy atom. The molecule has 20 heavy (non-hydrogen) atoms. The van der Waals surface area contributed by atoms with Crippen molar-refractivity contribution < 1.29 is 4.74 Å². The zero-order valence-electron chi connectivity index (χ0n) is 13.2. The molecule has 0 spiro atoms. The van der Waals surface area contributed by atoms with Gasteiger partial charge in [0, 0.05) is 43.7 Å². The van der Waals surface area contributed by atoms with Crippen LogP contribution in [0, 0.1) is 0 Å². The molecule has 2 heterocycles. The van der Waals surface area contributed by atoms with E-state index in [1.54, 1.807) is 0 Å². The topological polar surface area (TPSA) is 50.3 Å². The van der Waals surface area contributed by atoms with Gasteiger partial charge in [0.1, 0.15) is 0 Å². The minimum Gasteiger partial charge on any atom is -0.376 e. The highest BCUT2D eigenvalue weighted by molar-refractivity contribution is 5.31. The van der Waals surface area contributed by atoms with E-state index in [-0.39, 0.29) is 11.6 Å². The van der Waals surface area contributed by atoms with Crippen molar-refractivity contribution in [1.82, 2.24) is 15.3 Å². The minimum atomic E-state index is 0.103. The summed E-state index contributed by atoms with van der Waals surface area (Å²) in [5.41, 5.74) is 1.21. The molecule has 1 aromatic heterocycles. The highest BCUT2D eigenvalue weighted by Gasteiger charge is 2.29. The Morgan fingerprint density at radius 3 is 2.50 bits per heavy atom. The van der Waals surface area contributed by atoms with Crippen molar-refractivity contribution in [1.29, 1.82) is 0 Å². The molecule has 0 amide bonds. The predicted octanol–water partition coefficient (Wildman–Crippen LogP) is 1.98. The van der Waals surface area contributed by atoms with Crippen LogP contribution in [0.5, 0.6) is 0 Å². The standard InChI is InChI=1S/C15H26N4O/c1-11-13(6-7-20-11)19(5)14-16-8-12(9-17-14)10-18-15(2,3)4/h8-9,11,13,18H,6-7,10H2,1-5H3. The van der Waals surface area contributed by atoms with E-state index in [4.69, 9.17) is 4.74 Å². The SMILES string of the molecule is CC1OCCC1N(C)c1ncc(CNC(C)(C)C)cn1. The fraction of sp³-hybridized carbons (Fsp3) is 0.733. The Balaban J connectivity index is 1.97. The summed E-state index contributed by atoms with van der Waals surface area (Å²) in [6.07, 6.45) is 5.08. The molecule has 1 fully saturated rings. The van der Waals surface area contributed by atoms with Crippen molar-refractivity contribution in [2.75, 3.05) is 18.6 Å². The summed E-state index contributed by atoms with van der Waals surface area (Å²) >= 11 is 0. The van der Waals surface area contributed by atoms with Crippen molar-refractivity contribution in [3.05, 3.63) is 18.0 Å². The smallest absolute Gasteiger partial charge is 0.225 e. The monoisotopic (exact) mass is 278 g/mol. The lowest BCUT2D eigenvalue weighted by Gasteiger charge is -2.26. The predicted molar refractivity (Wildman–Crippen MR) is 80.8 cm³/mol. The van der Waals surface area contributed by atoms with E-state index in [1.165, 1.54) is 0 Å². The number of rotatable bonds is 4. The highest BCUT2D eigenvalue weighted by Crippen LogP contribution is 2.21. The molecule has 0 aliphatic carbocycles. The molecule has 0 aromatic carbocycles. The summed E-state index contributed by atoms with van der Waals surface area (Å²) in [5, 5.41) is 3.44. The largest absolute Gasteiger partial charge is 0.376 e. The maximum atomic E-state index is 5.60. The van der Waals surface area contributed by atoms with Gasteiger partial charge in [0.25, 0.3) is 0 Å². The van der Waals surface area contributed by atoms with Crippen molar-refractivity contribution in [3.63, 3.8) is 0 Å². The average molecular weight is 278 g/mol. The third kappa shape index (κ3) is 3.90. The van der Waals surface area contributed by atoms with Crippen molar-refractivity contribution in [3.8, 4) is 0 Å². The molecule has 1 aliphatic heterocycles. The summed E-state index contributed by atoms with van der Waals surface area (Å²) in [6, 6.07) is 0.369. The lowest BCUT2D eigenvalue weighted by molar-refractivity contribution is 0.118. The van der Waals surface area contributed by atoms with E-state index in [1.807, 2.05) is 19.4 Å². The zero-order chi connectivity index (χ0) is 14.8. The summed E-state index contributed by atoms with van der Waals surface area (Å²) in [4.78, 5) is 11.1.